The highest BCUT2D eigenvalue weighted by molar-refractivity contribution is 14.1. The van der Waals surface area contributed by atoms with E-state index < -0.39 is 0 Å². The average molecular weight is 374 g/mol. The van der Waals surface area contributed by atoms with E-state index in [1.54, 1.807) is 11.3 Å². The molecule has 0 aliphatic rings. The van der Waals surface area contributed by atoms with Gasteiger partial charge in [-0.1, -0.05) is 13.3 Å². The van der Waals surface area contributed by atoms with Crippen molar-refractivity contribution in [3.05, 3.63) is 20.3 Å². The molecule has 0 aliphatic heterocycles. The molecule has 0 spiro atoms. The Balaban J connectivity index is 2.51. The molecule has 0 fully saturated rings. The second kappa shape index (κ2) is 5.92. The number of hydrogen-bond acceptors (Lipinski definition) is 5. The molecule has 2 aromatic heterocycles. The minimum absolute atomic E-state index is 0.723. The van der Waals surface area contributed by atoms with E-state index in [0.717, 1.165) is 44.4 Å². The van der Waals surface area contributed by atoms with Crippen molar-refractivity contribution in [2.24, 2.45) is 0 Å². The number of halogens is 1. The van der Waals surface area contributed by atoms with Gasteiger partial charge in [-0.25, -0.2) is 15.0 Å². The van der Waals surface area contributed by atoms with Crippen LogP contribution in [0.15, 0.2) is 5.38 Å². The molecule has 0 radical (unpaired) electrons. The average Bonchev–Trinajstić information content (AvgIpc) is 2.79. The number of rotatable bonds is 4. The van der Waals surface area contributed by atoms with Gasteiger partial charge in [-0.3, -0.25) is 0 Å². The highest BCUT2D eigenvalue weighted by Crippen LogP contribution is 2.26. The Morgan fingerprint density at radius 1 is 1.33 bits per heavy atom. The summed E-state index contributed by atoms with van der Waals surface area (Å²) in [5.41, 5.74) is 2.11. The van der Waals surface area contributed by atoms with Crippen molar-refractivity contribution in [2.45, 2.75) is 26.7 Å². The molecule has 0 saturated carbocycles. The largest absolute Gasteiger partial charge is 0.372 e. The summed E-state index contributed by atoms with van der Waals surface area (Å²) in [7, 11) is 1.89. The molecular formula is C12H15IN4S. The maximum atomic E-state index is 4.64. The second-order valence-electron chi connectivity index (χ2n) is 3.95. The van der Waals surface area contributed by atoms with Crippen LogP contribution in [-0.2, 0) is 6.42 Å². The molecule has 1 N–H and O–H groups in total. The van der Waals surface area contributed by atoms with Crippen LogP contribution in [-0.4, -0.2) is 22.0 Å². The van der Waals surface area contributed by atoms with Crippen molar-refractivity contribution in [1.29, 1.82) is 0 Å². The van der Waals surface area contributed by atoms with Gasteiger partial charge >= 0.3 is 0 Å². The topological polar surface area (TPSA) is 50.7 Å². The van der Waals surface area contributed by atoms with E-state index >= 15 is 0 Å². The standard InChI is InChI=1S/C12H15IN4S/c1-4-5-8-9(13)10(14-3)17-11(16-8)12-15-7(2)6-18-12/h6H,4-5H2,1-3H3,(H,14,16,17). The molecule has 6 heteroatoms. The quantitative estimate of drug-likeness (QED) is 0.833. The summed E-state index contributed by atoms with van der Waals surface area (Å²) in [6.45, 7) is 4.14. The van der Waals surface area contributed by atoms with Crippen molar-refractivity contribution in [3.8, 4) is 10.8 Å². The lowest BCUT2D eigenvalue weighted by Gasteiger charge is -2.09. The summed E-state index contributed by atoms with van der Waals surface area (Å²) < 4.78 is 1.11. The number of nitrogens with one attached hydrogen (secondary N) is 1. The van der Waals surface area contributed by atoms with Crippen LogP contribution in [0.5, 0.6) is 0 Å². The number of aromatic nitrogens is 3. The third-order valence-corrected chi connectivity index (χ3v) is 4.54. The minimum atomic E-state index is 0.723. The van der Waals surface area contributed by atoms with Gasteiger partial charge in [0.1, 0.15) is 5.82 Å². The zero-order valence-electron chi connectivity index (χ0n) is 10.6. The van der Waals surface area contributed by atoms with Crippen LogP contribution in [0.1, 0.15) is 24.7 Å². The molecule has 2 aromatic rings. The van der Waals surface area contributed by atoms with Gasteiger partial charge in [0.2, 0.25) is 0 Å². The lowest BCUT2D eigenvalue weighted by molar-refractivity contribution is 0.867. The third-order valence-electron chi connectivity index (χ3n) is 2.45. The van der Waals surface area contributed by atoms with E-state index in [1.165, 1.54) is 0 Å². The van der Waals surface area contributed by atoms with E-state index in [9.17, 15) is 0 Å². The number of aryl methyl sites for hydroxylation is 2. The first kappa shape index (κ1) is 13.7. The molecule has 0 atom stereocenters. The van der Waals surface area contributed by atoms with E-state index in [1.807, 2.05) is 19.4 Å². The smallest absolute Gasteiger partial charge is 0.191 e. The Hall–Kier alpha value is -0.760. The summed E-state index contributed by atoms with van der Waals surface area (Å²) >= 11 is 3.89. The zero-order valence-corrected chi connectivity index (χ0v) is 13.6. The van der Waals surface area contributed by atoms with Crippen molar-refractivity contribution in [3.63, 3.8) is 0 Å². The fourth-order valence-corrected chi connectivity index (χ4v) is 3.12. The number of anilines is 1. The number of thiazole rings is 1. The van der Waals surface area contributed by atoms with Gasteiger partial charge in [0.25, 0.3) is 0 Å². The lowest BCUT2D eigenvalue weighted by Crippen LogP contribution is -2.05. The van der Waals surface area contributed by atoms with Gasteiger partial charge in [0.05, 0.1) is 9.26 Å². The molecule has 2 heterocycles. The van der Waals surface area contributed by atoms with Gasteiger partial charge in [-0.15, -0.1) is 11.3 Å². The molecule has 0 aromatic carbocycles. The van der Waals surface area contributed by atoms with Gasteiger partial charge in [-0.05, 0) is 35.9 Å². The fraction of sp³-hybridized carbons (Fsp3) is 0.417. The normalized spacial score (nSPS) is 10.7. The lowest BCUT2D eigenvalue weighted by atomic mass is 10.2. The van der Waals surface area contributed by atoms with Gasteiger partial charge in [0, 0.05) is 18.1 Å². The SMILES string of the molecule is CCCc1nc(-c2nc(C)cs2)nc(NC)c1I. The zero-order chi connectivity index (χ0) is 13.1. The van der Waals surface area contributed by atoms with Gasteiger partial charge in [-0.2, -0.15) is 0 Å². The molecule has 0 amide bonds. The van der Waals surface area contributed by atoms with Crippen LogP contribution < -0.4 is 5.32 Å². The maximum Gasteiger partial charge on any atom is 0.191 e. The van der Waals surface area contributed by atoms with E-state index in [2.05, 4.69) is 49.8 Å². The molecule has 0 bridgehead atoms. The minimum Gasteiger partial charge on any atom is -0.372 e. The third kappa shape index (κ3) is 2.80. The van der Waals surface area contributed by atoms with Gasteiger partial charge < -0.3 is 5.32 Å². The molecule has 96 valence electrons. The molecule has 18 heavy (non-hydrogen) atoms. The fourth-order valence-electron chi connectivity index (χ4n) is 1.61. The molecule has 2 rings (SSSR count). The number of nitrogens with zero attached hydrogens (tertiary/aromatic N) is 3. The summed E-state index contributed by atoms with van der Waals surface area (Å²) in [5.74, 6) is 1.61. The summed E-state index contributed by atoms with van der Waals surface area (Å²) in [6.07, 6.45) is 2.04. The van der Waals surface area contributed by atoms with Crippen molar-refractivity contribution < 1.29 is 0 Å². The molecular weight excluding hydrogens is 359 g/mol. The van der Waals surface area contributed by atoms with Crippen LogP contribution in [0.3, 0.4) is 0 Å². The predicted molar refractivity (Wildman–Crippen MR) is 84.1 cm³/mol. The monoisotopic (exact) mass is 374 g/mol. The molecule has 0 unspecified atom stereocenters. The summed E-state index contributed by atoms with van der Waals surface area (Å²) in [5, 5.41) is 6.04. The summed E-state index contributed by atoms with van der Waals surface area (Å²) in [6, 6.07) is 0. The predicted octanol–water partition coefficient (Wildman–Crippen LogP) is 3.51. The first-order chi connectivity index (χ1) is 8.65. The van der Waals surface area contributed by atoms with Crippen LogP contribution in [0.4, 0.5) is 5.82 Å². The van der Waals surface area contributed by atoms with E-state index in [0.29, 0.717) is 0 Å². The Kier molecular flexibility index (Phi) is 4.50. The number of hydrogen-bond donors (Lipinski definition) is 1. The highest BCUT2D eigenvalue weighted by atomic mass is 127. The van der Waals surface area contributed by atoms with Crippen LogP contribution in [0.2, 0.25) is 0 Å². The first-order valence-electron chi connectivity index (χ1n) is 5.82. The van der Waals surface area contributed by atoms with E-state index in [4.69, 9.17) is 0 Å². The Labute approximate surface area is 124 Å². The Morgan fingerprint density at radius 2 is 2.11 bits per heavy atom. The maximum absolute atomic E-state index is 4.64. The second-order valence-corrected chi connectivity index (χ2v) is 5.89. The van der Waals surface area contributed by atoms with Crippen LogP contribution in [0.25, 0.3) is 10.8 Å². The van der Waals surface area contributed by atoms with Crippen molar-refractivity contribution in [2.75, 3.05) is 12.4 Å². The van der Waals surface area contributed by atoms with Gasteiger partial charge in [0.15, 0.2) is 10.8 Å². The van der Waals surface area contributed by atoms with Crippen LogP contribution in [0, 0.1) is 10.5 Å². The molecule has 0 saturated heterocycles. The Bertz CT molecular complexity index is 553. The molecule has 0 aliphatic carbocycles. The van der Waals surface area contributed by atoms with Crippen LogP contribution >= 0.6 is 33.9 Å². The Morgan fingerprint density at radius 3 is 2.67 bits per heavy atom. The van der Waals surface area contributed by atoms with Crippen molar-refractivity contribution in [1.82, 2.24) is 15.0 Å². The first-order valence-corrected chi connectivity index (χ1v) is 7.78. The molecule has 4 nitrogen and oxygen atoms in total. The summed E-state index contributed by atoms with van der Waals surface area (Å²) in [4.78, 5) is 13.6. The van der Waals surface area contributed by atoms with Crippen molar-refractivity contribution >= 4 is 39.7 Å². The highest BCUT2D eigenvalue weighted by Gasteiger charge is 2.13. The van der Waals surface area contributed by atoms with E-state index in [-0.39, 0.29) is 0 Å².